The zero-order chi connectivity index (χ0) is 12.5. The number of fused-ring (bicyclic) bond motifs is 1. The van der Waals surface area contributed by atoms with Gasteiger partial charge in [0.25, 0.3) is 5.56 Å². The Bertz CT molecular complexity index is 680. The molecule has 0 amide bonds. The van der Waals surface area contributed by atoms with Crippen LogP contribution in [0.1, 0.15) is 6.42 Å². The van der Waals surface area contributed by atoms with Crippen molar-refractivity contribution in [2.45, 2.75) is 13.0 Å². The predicted molar refractivity (Wildman–Crippen MR) is 67.8 cm³/mol. The van der Waals surface area contributed by atoms with E-state index < -0.39 is 0 Å². The molecule has 0 saturated carbocycles. The second-order valence-electron chi connectivity index (χ2n) is 4.62. The fourth-order valence-corrected chi connectivity index (χ4v) is 2.35. The molecule has 1 unspecified atom stereocenters. The molecule has 2 heterocycles. The van der Waals surface area contributed by atoms with Crippen molar-refractivity contribution in [1.29, 1.82) is 0 Å². The van der Waals surface area contributed by atoms with Gasteiger partial charge in [0.2, 0.25) is 0 Å². The summed E-state index contributed by atoms with van der Waals surface area (Å²) in [5.41, 5.74) is 0.0262. The lowest BCUT2D eigenvalue weighted by Crippen LogP contribution is -2.37. The summed E-state index contributed by atoms with van der Waals surface area (Å²) in [5.74, 6) is 0.255. The maximum Gasteiger partial charge on any atom is 0.328 e. The van der Waals surface area contributed by atoms with Crippen LogP contribution < -0.4 is 11.2 Å². The number of benzene rings is 1. The summed E-state index contributed by atoms with van der Waals surface area (Å²) in [6, 6.07) is 7.06. The first-order chi connectivity index (χ1) is 8.75. The lowest BCUT2D eigenvalue weighted by atomic mass is 10.1. The number of para-hydroxylation sites is 1. The molecule has 1 N–H and O–H groups in total. The van der Waals surface area contributed by atoms with E-state index in [0.29, 0.717) is 30.7 Å². The molecule has 0 spiro atoms. The smallest absolute Gasteiger partial charge is 0.328 e. The van der Waals surface area contributed by atoms with Gasteiger partial charge in [-0.15, -0.1) is 0 Å². The Balaban J connectivity index is 2.11. The van der Waals surface area contributed by atoms with E-state index in [4.69, 9.17) is 4.74 Å². The standard InChI is InChI=1S/C13H14N2O3/c16-12-10-3-1-2-4-11(10)14-13(17)15(12)7-9-5-6-18-8-9/h1-4,9H,5-8H2,(H,14,17). The third-order valence-corrected chi connectivity index (χ3v) is 3.35. The molecule has 1 atom stereocenters. The quantitative estimate of drug-likeness (QED) is 0.849. The van der Waals surface area contributed by atoms with Crippen molar-refractivity contribution in [1.82, 2.24) is 9.55 Å². The Morgan fingerprint density at radius 2 is 2.17 bits per heavy atom. The van der Waals surface area contributed by atoms with Gasteiger partial charge in [0.15, 0.2) is 0 Å². The highest BCUT2D eigenvalue weighted by Crippen LogP contribution is 2.13. The molecule has 18 heavy (non-hydrogen) atoms. The van der Waals surface area contributed by atoms with Crippen molar-refractivity contribution in [3.63, 3.8) is 0 Å². The molecule has 5 nitrogen and oxygen atoms in total. The lowest BCUT2D eigenvalue weighted by Gasteiger charge is -2.10. The van der Waals surface area contributed by atoms with Crippen molar-refractivity contribution in [3.8, 4) is 0 Å². The van der Waals surface area contributed by atoms with E-state index in [1.54, 1.807) is 24.3 Å². The third kappa shape index (κ3) is 1.86. The topological polar surface area (TPSA) is 64.1 Å². The zero-order valence-electron chi connectivity index (χ0n) is 9.89. The molecular weight excluding hydrogens is 232 g/mol. The first-order valence-corrected chi connectivity index (χ1v) is 6.05. The van der Waals surface area contributed by atoms with Crippen LogP contribution in [0, 0.1) is 5.92 Å². The summed E-state index contributed by atoms with van der Waals surface area (Å²) < 4.78 is 6.55. The summed E-state index contributed by atoms with van der Waals surface area (Å²) >= 11 is 0. The molecule has 1 aromatic carbocycles. The summed E-state index contributed by atoms with van der Waals surface area (Å²) in [6.07, 6.45) is 0.901. The van der Waals surface area contributed by atoms with E-state index in [1.165, 1.54) is 4.57 Å². The molecule has 0 aliphatic carbocycles. The van der Waals surface area contributed by atoms with Crippen LogP contribution >= 0.6 is 0 Å². The molecule has 1 fully saturated rings. The summed E-state index contributed by atoms with van der Waals surface area (Å²) in [6.45, 7) is 1.77. The average Bonchev–Trinajstić information content (AvgIpc) is 2.87. The predicted octanol–water partition coefficient (Wildman–Crippen LogP) is 0.726. The molecule has 1 aliphatic heterocycles. The van der Waals surface area contributed by atoms with E-state index in [2.05, 4.69) is 4.98 Å². The second kappa shape index (κ2) is 4.42. The van der Waals surface area contributed by atoms with Gasteiger partial charge < -0.3 is 9.72 Å². The molecule has 1 aliphatic rings. The van der Waals surface area contributed by atoms with E-state index in [9.17, 15) is 9.59 Å². The lowest BCUT2D eigenvalue weighted by molar-refractivity contribution is 0.182. The third-order valence-electron chi connectivity index (χ3n) is 3.35. The van der Waals surface area contributed by atoms with Crippen LogP contribution in [0.2, 0.25) is 0 Å². The highest BCUT2D eigenvalue weighted by Gasteiger charge is 2.18. The number of H-pyrrole nitrogens is 1. The molecule has 3 rings (SSSR count). The van der Waals surface area contributed by atoms with Gasteiger partial charge >= 0.3 is 5.69 Å². The SMILES string of the molecule is O=c1[nH]c2ccccc2c(=O)n1CC1CCOC1. The minimum Gasteiger partial charge on any atom is -0.381 e. The van der Waals surface area contributed by atoms with Crippen LogP contribution in [-0.4, -0.2) is 22.8 Å². The molecule has 94 valence electrons. The van der Waals surface area contributed by atoms with Gasteiger partial charge in [-0.3, -0.25) is 9.36 Å². The number of hydrogen-bond acceptors (Lipinski definition) is 3. The van der Waals surface area contributed by atoms with E-state index in [0.717, 1.165) is 6.42 Å². The highest BCUT2D eigenvalue weighted by molar-refractivity contribution is 5.76. The van der Waals surface area contributed by atoms with E-state index in [-0.39, 0.29) is 17.2 Å². The number of rotatable bonds is 2. The normalized spacial score (nSPS) is 19.4. The summed E-state index contributed by atoms with van der Waals surface area (Å²) in [5, 5.41) is 0.552. The maximum absolute atomic E-state index is 12.2. The molecule has 2 aromatic rings. The van der Waals surface area contributed by atoms with Crippen LogP contribution in [-0.2, 0) is 11.3 Å². The molecule has 1 saturated heterocycles. The first-order valence-electron chi connectivity index (χ1n) is 6.05. The largest absolute Gasteiger partial charge is 0.381 e. The highest BCUT2D eigenvalue weighted by atomic mass is 16.5. The van der Waals surface area contributed by atoms with Crippen LogP contribution in [0.5, 0.6) is 0 Å². The van der Waals surface area contributed by atoms with Crippen molar-refractivity contribution < 1.29 is 4.74 Å². The number of nitrogens with zero attached hydrogens (tertiary/aromatic N) is 1. The minimum atomic E-state index is -0.342. The Labute approximate surface area is 103 Å². The van der Waals surface area contributed by atoms with Crippen LogP contribution in [0.15, 0.2) is 33.9 Å². The number of hydrogen-bond donors (Lipinski definition) is 1. The van der Waals surface area contributed by atoms with Gasteiger partial charge in [0.05, 0.1) is 17.5 Å². The van der Waals surface area contributed by atoms with Crippen LogP contribution in [0.3, 0.4) is 0 Å². The van der Waals surface area contributed by atoms with Crippen molar-refractivity contribution in [2.75, 3.05) is 13.2 Å². The first kappa shape index (κ1) is 11.2. The van der Waals surface area contributed by atoms with E-state index in [1.807, 2.05) is 0 Å². The Morgan fingerprint density at radius 3 is 2.94 bits per heavy atom. The maximum atomic E-state index is 12.2. The molecule has 0 bridgehead atoms. The minimum absolute atomic E-state index is 0.221. The van der Waals surface area contributed by atoms with Gasteiger partial charge in [-0.05, 0) is 18.6 Å². The number of ether oxygens (including phenoxy) is 1. The van der Waals surface area contributed by atoms with E-state index >= 15 is 0 Å². The summed E-state index contributed by atoms with van der Waals surface area (Å²) in [4.78, 5) is 26.9. The number of nitrogens with one attached hydrogen (secondary N) is 1. The van der Waals surface area contributed by atoms with Gasteiger partial charge in [-0.25, -0.2) is 4.79 Å². The molecule has 1 aromatic heterocycles. The molecular formula is C13H14N2O3. The van der Waals surface area contributed by atoms with Gasteiger partial charge in [0.1, 0.15) is 0 Å². The summed E-state index contributed by atoms with van der Waals surface area (Å²) in [7, 11) is 0. The van der Waals surface area contributed by atoms with Gasteiger partial charge in [-0.1, -0.05) is 12.1 Å². The van der Waals surface area contributed by atoms with Gasteiger partial charge in [0, 0.05) is 19.1 Å². The molecule has 5 heteroatoms. The Morgan fingerprint density at radius 1 is 1.33 bits per heavy atom. The number of aromatic nitrogens is 2. The Hall–Kier alpha value is -1.88. The monoisotopic (exact) mass is 246 g/mol. The second-order valence-corrected chi connectivity index (χ2v) is 4.62. The fraction of sp³-hybridized carbons (Fsp3) is 0.385. The van der Waals surface area contributed by atoms with Crippen molar-refractivity contribution in [3.05, 3.63) is 45.1 Å². The van der Waals surface area contributed by atoms with Gasteiger partial charge in [-0.2, -0.15) is 0 Å². The zero-order valence-corrected chi connectivity index (χ0v) is 9.89. The fourth-order valence-electron chi connectivity index (χ4n) is 2.35. The van der Waals surface area contributed by atoms with Crippen LogP contribution in [0.4, 0.5) is 0 Å². The van der Waals surface area contributed by atoms with Crippen molar-refractivity contribution in [2.24, 2.45) is 5.92 Å². The molecule has 0 radical (unpaired) electrons. The number of aromatic amines is 1. The Kier molecular flexibility index (Phi) is 2.76. The van der Waals surface area contributed by atoms with Crippen LogP contribution in [0.25, 0.3) is 10.9 Å². The van der Waals surface area contributed by atoms with Crippen molar-refractivity contribution >= 4 is 10.9 Å². The average molecular weight is 246 g/mol.